The fraction of sp³-hybridized carbons (Fsp3) is 0.100. The first-order valence-electron chi connectivity index (χ1n) is 7.79. The molecule has 3 aromatic rings. The smallest absolute Gasteiger partial charge is 0.335 e. The van der Waals surface area contributed by atoms with Crippen LogP contribution in [0.4, 0.5) is 0 Å². The number of nitrogens with zero attached hydrogens (tertiary/aromatic N) is 1. The summed E-state index contributed by atoms with van der Waals surface area (Å²) in [7, 11) is 2.94. The van der Waals surface area contributed by atoms with Crippen LogP contribution in [-0.4, -0.2) is 35.4 Å². The van der Waals surface area contributed by atoms with Gasteiger partial charge in [-0.3, -0.25) is 0 Å². The lowest BCUT2D eigenvalue weighted by Gasteiger charge is -2.09. The van der Waals surface area contributed by atoms with E-state index in [2.05, 4.69) is 4.98 Å². The number of carbonyl (C=O) groups is 1. The first kappa shape index (κ1) is 17.3. The van der Waals surface area contributed by atoms with E-state index in [4.69, 9.17) is 14.6 Å². The molecular formula is C20H17NO5. The maximum Gasteiger partial charge on any atom is 0.335 e. The molecule has 0 spiro atoms. The van der Waals surface area contributed by atoms with Gasteiger partial charge in [-0.15, -0.1) is 0 Å². The Morgan fingerprint density at radius 1 is 1.00 bits per heavy atom. The number of ether oxygens (including phenoxy) is 2. The average Bonchev–Trinajstić information content (AvgIpc) is 2.66. The highest BCUT2D eigenvalue weighted by Crippen LogP contribution is 2.37. The molecule has 26 heavy (non-hydrogen) atoms. The van der Waals surface area contributed by atoms with E-state index in [1.54, 1.807) is 30.3 Å². The largest absolute Gasteiger partial charge is 0.502 e. The monoisotopic (exact) mass is 351 g/mol. The van der Waals surface area contributed by atoms with E-state index >= 15 is 0 Å². The van der Waals surface area contributed by atoms with Gasteiger partial charge < -0.3 is 19.7 Å². The van der Waals surface area contributed by atoms with Crippen LogP contribution in [0.25, 0.3) is 23.1 Å². The fourth-order valence-corrected chi connectivity index (χ4v) is 2.56. The van der Waals surface area contributed by atoms with Crippen molar-refractivity contribution in [3.63, 3.8) is 0 Å². The van der Waals surface area contributed by atoms with Gasteiger partial charge in [-0.25, -0.2) is 9.78 Å². The van der Waals surface area contributed by atoms with E-state index in [-0.39, 0.29) is 11.3 Å². The minimum Gasteiger partial charge on any atom is -0.502 e. The molecule has 1 heterocycles. The summed E-state index contributed by atoms with van der Waals surface area (Å²) in [6.07, 6.45) is 3.64. The van der Waals surface area contributed by atoms with Gasteiger partial charge in [0, 0.05) is 5.39 Å². The zero-order valence-corrected chi connectivity index (χ0v) is 14.3. The van der Waals surface area contributed by atoms with Crippen LogP contribution >= 0.6 is 0 Å². The summed E-state index contributed by atoms with van der Waals surface area (Å²) in [6.45, 7) is 0. The summed E-state index contributed by atoms with van der Waals surface area (Å²) in [5.74, 6) is -0.385. The zero-order valence-electron chi connectivity index (χ0n) is 14.3. The van der Waals surface area contributed by atoms with Crippen LogP contribution in [-0.2, 0) is 0 Å². The number of pyridine rings is 1. The Kier molecular flexibility index (Phi) is 4.75. The summed E-state index contributed by atoms with van der Waals surface area (Å²) >= 11 is 0. The predicted molar refractivity (Wildman–Crippen MR) is 98.8 cm³/mol. The number of hydrogen-bond donors (Lipinski definition) is 2. The normalized spacial score (nSPS) is 11.0. The zero-order chi connectivity index (χ0) is 18.7. The lowest BCUT2D eigenvalue weighted by molar-refractivity contribution is 0.0697. The van der Waals surface area contributed by atoms with Crippen molar-refractivity contribution < 1.29 is 24.5 Å². The Bertz CT molecular complexity index is 985. The topological polar surface area (TPSA) is 88.9 Å². The highest BCUT2D eigenvalue weighted by Gasteiger charge is 2.10. The molecule has 0 unspecified atom stereocenters. The number of phenolic OH excluding ortho intramolecular Hbond substituents is 1. The van der Waals surface area contributed by atoms with Gasteiger partial charge in [0.15, 0.2) is 11.5 Å². The number of carboxylic acids is 1. The van der Waals surface area contributed by atoms with Crippen molar-refractivity contribution in [2.24, 2.45) is 0 Å². The van der Waals surface area contributed by atoms with Crippen molar-refractivity contribution in [2.75, 3.05) is 14.2 Å². The van der Waals surface area contributed by atoms with Gasteiger partial charge in [-0.1, -0.05) is 12.1 Å². The number of aromatic hydroxyl groups is 1. The van der Waals surface area contributed by atoms with Crippen molar-refractivity contribution >= 4 is 29.0 Å². The molecular weight excluding hydrogens is 334 g/mol. The van der Waals surface area contributed by atoms with Crippen LogP contribution < -0.4 is 9.47 Å². The maximum absolute atomic E-state index is 11.0. The molecule has 0 radical (unpaired) electrons. The Morgan fingerprint density at radius 3 is 2.31 bits per heavy atom. The lowest BCUT2D eigenvalue weighted by atomic mass is 10.1. The quantitative estimate of drug-likeness (QED) is 0.726. The Labute approximate surface area is 150 Å². The number of aromatic carboxylic acids is 1. The third-order valence-electron chi connectivity index (χ3n) is 3.91. The second-order valence-electron chi connectivity index (χ2n) is 5.56. The van der Waals surface area contributed by atoms with E-state index < -0.39 is 5.97 Å². The molecule has 0 atom stereocenters. The Balaban J connectivity index is 1.93. The fourth-order valence-electron chi connectivity index (χ4n) is 2.56. The van der Waals surface area contributed by atoms with Crippen molar-refractivity contribution in [1.29, 1.82) is 0 Å². The van der Waals surface area contributed by atoms with Gasteiger partial charge in [-0.05, 0) is 48.0 Å². The van der Waals surface area contributed by atoms with E-state index in [9.17, 15) is 9.90 Å². The maximum atomic E-state index is 11.0. The van der Waals surface area contributed by atoms with E-state index in [1.165, 1.54) is 20.3 Å². The molecule has 132 valence electrons. The van der Waals surface area contributed by atoms with E-state index in [0.717, 1.165) is 10.9 Å². The Morgan fingerprint density at radius 2 is 1.69 bits per heavy atom. The summed E-state index contributed by atoms with van der Waals surface area (Å²) in [5, 5.41) is 19.8. The molecule has 0 saturated heterocycles. The number of rotatable bonds is 5. The highest BCUT2D eigenvalue weighted by atomic mass is 16.5. The molecule has 0 aliphatic rings. The van der Waals surface area contributed by atoms with Crippen LogP contribution in [0, 0.1) is 0 Å². The molecule has 0 fully saturated rings. The highest BCUT2D eigenvalue weighted by molar-refractivity contribution is 5.93. The molecule has 0 aliphatic heterocycles. The number of benzene rings is 2. The molecule has 0 bridgehead atoms. The van der Waals surface area contributed by atoms with Gasteiger partial charge in [0.1, 0.15) is 0 Å². The summed E-state index contributed by atoms with van der Waals surface area (Å²) in [5.41, 5.74) is 2.43. The van der Waals surface area contributed by atoms with E-state index in [0.29, 0.717) is 22.7 Å². The average molecular weight is 351 g/mol. The molecule has 1 aromatic heterocycles. The van der Waals surface area contributed by atoms with Crippen LogP contribution in [0.3, 0.4) is 0 Å². The van der Waals surface area contributed by atoms with Gasteiger partial charge >= 0.3 is 5.97 Å². The second kappa shape index (κ2) is 7.14. The van der Waals surface area contributed by atoms with Crippen molar-refractivity contribution in [3.8, 4) is 17.2 Å². The molecule has 6 nitrogen and oxygen atoms in total. The molecule has 6 heteroatoms. The van der Waals surface area contributed by atoms with Crippen LogP contribution in [0.15, 0.2) is 42.5 Å². The number of phenols is 1. The molecule has 0 aliphatic carbocycles. The number of carboxylic acid groups (broad SMARTS) is 1. The third kappa shape index (κ3) is 3.44. The minimum atomic E-state index is -0.967. The van der Waals surface area contributed by atoms with Crippen LogP contribution in [0.1, 0.15) is 21.6 Å². The molecule has 2 N–H and O–H groups in total. The number of methoxy groups -OCH3 is 2. The van der Waals surface area contributed by atoms with Crippen molar-refractivity contribution in [3.05, 3.63) is 59.3 Å². The summed E-state index contributed by atoms with van der Waals surface area (Å²) < 4.78 is 10.3. The molecule has 2 aromatic carbocycles. The summed E-state index contributed by atoms with van der Waals surface area (Å²) in [4.78, 5) is 15.5. The van der Waals surface area contributed by atoms with E-state index in [1.807, 2.05) is 18.2 Å². The van der Waals surface area contributed by atoms with Gasteiger partial charge in [0.05, 0.1) is 31.0 Å². The predicted octanol–water partition coefficient (Wildman–Crippen LogP) is 3.83. The Hall–Kier alpha value is -3.54. The third-order valence-corrected chi connectivity index (χ3v) is 3.91. The van der Waals surface area contributed by atoms with Crippen molar-refractivity contribution in [1.82, 2.24) is 4.98 Å². The minimum absolute atomic E-state index is 0.0507. The van der Waals surface area contributed by atoms with Gasteiger partial charge in [0.25, 0.3) is 0 Å². The molecule has 0 saturated carbocycles. The standard InChI is InChI=1S/C20H17NO5/c1-25-17-9-12(10-18(26-2)19(17)22)3-6-15-7-4-13-11-14(20(23)24)5-8-16(13)21-15/h3-11,22H,1-2H3,(H,23,24). The van der Waals surface area contributed by atoms with Gasteiger partial charge in [-0.2, -0.15) is 0 Å². The van der Waals surface area contributed by atoms with Crippen molar-refractivity contribution in [2.45, 2.75) is 0 Å². The number of hydrogen-bond acceptors (Lipinski definition) is 5. The SMILES string of the molecule is COc1cc(C=Cc2ccc3cc(C(=O)O)ccc3n2)cc(OC)c1O. The second-order valence-corrected chi connectivity index (χ2v) is 5.56. The van der Waals surface area contributed by atoms with Crippen LogP contribution in [0.2, 0.25) is 0 Å². The molecule has 0 amide bonds. The first-order valence-corrected chi connectivity index (χ1v) is 7.79. The summed E-state index contributed by atoms with van der Waals surface area (Å²) in [6, 6.07) is 11.8. The van der Waals surface area contributed by atoms with Crippen LogP contribution in [0.5, 0.6) is 17.2 Å². The number of aromatic nitrogens is 1. The molecule has 3 rings (SSSR count). The number of fused-ring (bicyclic) bond motifs is 1. The van der Waals surface area contributed by atoms with Gasteiger partial charge in [0.2, 0.25) is 5.75 Å². The lowest BCUT2D eigenvalue weighted by Crippen LogP contribution is -1.95. The first-order chi connectivity index (χ1) is 12.5.